The maximum absolute atomic E-state index is 5.90. The number of aryl methyl sites for hydroxylation is 1. The molecule has 0 aliphatic carbocycles. The molecule has 4 nitrogen and oxygen atoms in total. The molecule has 90 valence electrons. The molecule has 0 spiro atoms. The van der Waals surface area contributed by atoms with Crippen LogP contribution in [0, 0.1) is 6.92 Å². The lowest BCUT2D eigenvalue weighted by Gasteiger charge is -2.03. The van der Waals surface area contributed by atoms with Gasteiger partial charge in [0.05, 0.1) is 12.4 Å². The fraction of sp³-hybridized carbons (Fsp3) is 0.143. The largest absolute Gasteiger partial charge is 0.456 e. The maximum Gasteiger partial charge on any atom is 0.140 e. The number of hydrogen-bond donors (Lipinski definition) is 1. The summed E-state index contributed by atoms with van der Waals surface area (Å²) in [5.41, 5.74) is 9.56. The third kappa shape index (κ3) is 1.58. The van der Waals surface area contributed by atoms with Crippen molar-refractivity contribution in [3.8, 4) is 11.3 Å². The summed E-state index contributed by atoms with van der Waals surface area (Å²) in [5.74, 6) is 0.826. The molecule has 2 heterocycles. The highest BCUT2D eigenvalue weighted by Gasteiger charge is 2.14. The zero-order valence-corrected chi connectivity index (χ0v) is 10.1. The Kier molecular flexibility index (Phi) is 2.57. The van der Waals surface area contributed by atoms with Crippen LogP contribution in [-0.2, 0) is 6.54 Å². The molecule has 1 aromatic carbocycles. The van der Waals surface area contributed by atoms with Crippen LogP contribution >= 0.6 is 0 Å². The van der Waals surface area contributed by atoms with E-state index in [1.165, 1.54) is 0 Å². The first-order valence-corrected chi connectivity index (χ1v) is 5.79. The van der Waals surface area contributed by atoms with E-state index in [0.29, 0.717) is 6.54 Å². The van der Waals surface area contributed by atoms with Crippen LogP contribution in [0.1, 0.15) is 11.1 Å². The minimum atomic E-state index is 0.418. The molecule has 0 bridgehead atoms. The van der Waals surface area contributed by atoms with Crippen LogP contribution in [0.5, 0.6) is 0 Å². The molecular formula is C14H13N3O. The number of rotatable bonds is 2. The molecule has 0 amide bonds. The van der Waals surface area contributed by atoms with Crippen LogP contribution in [0.3, 0.4) is 0 Å². The molecule has 2 N–H and O–H groups in total. The van der Waals surface area contributed by atoms with E-state index in [9.17, 15) is 0 Å². The lowest BCUT2D eigenvalue weighted by atomic mass is 10.1. The Labute approximate surface area is 104 Å². The smallest absolute Gasteiger partial charge is 0.140 e. The van der Waals surface area contributed by atoms with Crippen molar-refractivity contribution in [3.63, 3.8) is 0 Å². The van der Waals surface area contributed by atoms with Gasteiger partial charge in [0.1, 0.15) is 11.3 Å². The van der Waals surface area contributed by atoms with Crippen molar-refractivity contribution in [2.75, 3.05) is 0 Å². The molecule has 3 aromatic rings. The molecule has 3 rings (SSSR count). The number of para-hydroxylation sites is 1. The van der Waals surface area contributed by atoms with E-state index in [1.54, 1.807) is 12.4 Å². The monoisotopic (exact) mass is 239 g/mol. The first-order chi connectivity index (χ1) is 8.81. The number of nitrogens with zero attached hydrogens (tertiary/aromatic N) is 2. The van der Waals surface area contributed by atoms with Gasteiger partial charge >= 0.3 is 0 Å². The minimum absolute atomic E-state index is 0.418. The van der Waals surface area contributed by atoms with Crippen LogP contribution in [0.15, 0.2) is 41.1 Å². The average molecular weight is 239 g/mol. The van der Waals surface area contributed by atoms with Gasteiger partial charge in [-0.3, -0.25) is 0 Å². The van der Waals surface area contributed by atoms with Gasteiger partial charge in [0.2, 0.25) is 0 Å². The second-order valence-electron chi connectivity index (χ2n) is 4.18. The highest BCUT2D eigenvalue weighted by molar-refractivity contribution is 5.87. The van der Waals surface area contributed by atoms with Gasteiger partial charge in [-0.15, -0.1) is 0 Å². The molecule has 4 heteroatoms. The van der Waals surface area contributed by atoms with Crippen molar-refractivity contribution in [1.29, 1.82) is 0 Å². The minimum Gasteiger partial charge on any atom is -0.456 e. The quantitative estimate of drug-likeness (QED) is 0.746. The second-order valence-corrected chi connectivity index (χ2v) is 4.18. The standard InChI is InChI=1S/C14H13N3O/c1-9-11-4-2-3-5-13(11)18-14(9)12-8-17-16-7-10(12)6-15/h2-5,7-8H,6,15H2,1H3. The normalized spacial score (nSPS) is 11.0. The number of benzene rings is 1. The lowest BCUT2D eigenvalue weighted by Crippen LogP contribution is -2.00. The summed E-state index contributed by atoms with van der Waals surface area (Å²) in [4.78, 5) is 0. The molecule has 0 aliphatic rings. The van der Waals surface area contributed by atoms with Gasteiger partial charge in [-0.2, -0.15) is 10.2 Å². The predicted octanol–water partition coefficient (Wildman–Crippen LogP) is 2.66. The van der Waals surface area contributed by atoms with E-state index in [4.69, 9.17) is 10.2 Å². The zero-order valence-electron chi connectivity index (χ0n) is 10.1. The van der Waals surface area contributed by atoms with Crippen LogP contribution in [0.25, 0.3) is 22.3 Å². The van der Waals surface area contributed by atoms with Crippen molar-refractivity contribution in [2.24, 2.45) is 5.73 Å². The van der Waals surface area contributed by atoms with Crippen molar-refractivity contribution >= 4 is 11.0 Å². The molecule has 0 fully saturated rings. The lowest BCUT2D eigenvalue weighted by molar-refractivity contribution is 0.627. The summed E-state index contributed by atoms with van der Waals surface area (Å²) in [6, 6.07) is 7.98. The molecule has 0 radical (unpaired) electrons. The topological polar surface area (TPSA) is 64.9 Å². The summed E-state index contributed by atoms with van der Waals surface area (Å²) < 4.78 is 5.90. The fourth-order valence-corrected chi connectivity index (χ4v) is 2.14. The SMILES string of the molecule is Cc1c(-c2cnncc2CN)oc2ccccc12. The summed E-state index contributed by atoms with van der Waals surface area (Å²) >= 11 is 0. The van der Waals surface area contributed by atoms with Crippen molar-refractivity contribution in [1.82, 2.24) is 10.2 Å². The molecule has 0 saturated carbocycles. The Morgan fingerprint density at radius 2 is 1.94 bits per heavy atom. The van der Waals surface area contributed by atoms with Gasteiger partial charge in [0.25, 0.3) is 0 Å². The number of furan rings is 1. The third-order valence-electron chi connectivity index (χ3n) is 3.12. The Hall–Kier alpha value is -2.20. The van der Waals surface area contributed by atoms with E-state index >= 15 is 0 Å². The van der Waals surface area contributed by atoms with Gasteiger partial charge in [-0.1, -0.05) is 18.2 Å². The van der Waals surface area contributed by atoms with E-state index in [0.717, 1.165) is 33.4 Å². The first kappa shape index (κ1) is 10.9. The Morgan fingerprint density at radius 3 is 2.72 bits per heavy atom. The molecular weight excluding hydrogens is 226 g/mol. The Balaban J connectivity index is 2.28. The summed E-state index contributed by atoms with van der Waals surface area (Å²) in [6.45, 7) is 2.46. The molecule has 0 aliphatic heterocycles. The van der Waals surface area contributed by atoms with Gasteiger partial charge in [-0.25, -0.2) is 0 Å². The molecule has 2 aromatic heterocycles. The molecule has 0 atom stereocenters. The van der Waals surface area contributed by atoms with Gasteiger partial charge < -0.3 is 10.2 Å². The van der Waals surface area contributed by atoms with E-state index in [2.05, 4.69) is 16.3 Å². The number of hydrogen-bond acceptors (Lipinski definition) is 4. The number of aromatic nitrogens is 2. The second kappa shape index (κ2) is 4.23. The van der Waals surface area contributed by atoms with Gasteiger partial charge in [0, 0.05) is 23.1 Å². The van der Waals surface area contributed by atoms with Crippen molar-refractivity contribution in [2.45, 2.75) is 13.5 Å². The summed E-state index contributed by atoms with van der Waals surface area (Å²) in [7, 11) is 0. The van der Waals surface area contributed by atoms with Crippen LogP contribution < -0.4 is 5.73 Å². The Morgan fingerprint density at radius 1 is 1.17 bits per heavy atom. The first-order valence-electron chi connectivity index (χ1n) is 5.79. The van der Waals surface area contributed by atoms with Crippen molar-refractivity contribution < 1.29 is 4.42 Å². The van der Waals surface area contributed by atoms with Gasteiger partial charge in [0.15, 0.2) is 0 Å². The Bertz CT molecular complexity index is 703. The van der Waals surface area contributed by atoms with E-state index in [1.807, 2.05) is 25.1 Å². The number of fused-ring (bicyclic) bond motifs is 1. The molecule has 18 heavy (non-hydrogen) atoms. The average Bonchev–Trinajstić information content (AvgIpc) is 2.76. The number of nitrogens with two attached hydrogens (primary N) is 1. The third-order valence-corrected chi connectivity index (χ3v) is 3.12. The van der Waals surface area contributed by atoms with Crippen LogP contribution in [-0.4, -0.2) is 10.2 Å². The molecule has 0 unspecified atom stereocenters. The van der Waals surface area contributed by atoms with Crippen LogP contribution in [0.4, 0.5) is 0 Å². The maximum atomic E-state index is 5.90. The van der Waals surface area contributed by atoms with Gasteiger partial charge in [-0.05, 0) is 18.6 Å². The predicted molar refractivity (Wildman–Crippen MR) is 69.9 cm³/mol. The van der Waals surface area contributed by atoms with E-state index < -0.39 is 0 Å². The molecule has 0 saturated heterocycles. The fourth-order valence-electron chi connectivity index (χ4n) is 2.14. The summed E-state index contributed by atoms with van der Waals surface area (Å²) in [6.07, 6.45) is 3.38. The summed E-state index contributed by atoms with van der Waals surface area (Å²) in [5, 5.41) is 8.89. The highest BCUT2D eigenvalue weighted by atomic mass is 16.3. The zero-order chi connectivity index (χ0) is 12.5. The van der Waals surface area contributed by atoms with Crippen LogP contribution in [0.2, 0.25) is 0 Å². The highest BCUT2D eigenvalue weighted by Crippen LogP contribution is 2.33. The van der Waals surface area contributed by atoms with Crippen molar-refractivity contribution in [3.05, 3.63) is 47.8 Å². The van der Waals surface area contributed by atoms with E-state index in [-0.39, 0.29) is 0 Å².